The van der Waals surface area contributed by atoms with Crippen molar-refractivity contribution in [3.63, 3.8) is 0 Å². The van der Waals surface area contributed by atoms with Crippen molar-refractivity contribution in [3.05, 3.63) is 70.2 Å². The minimum atomic E-state index is -0.478. The normalized spacial score (nSPS) is 10.5. The van der Waals surface area contributed by atoms with Crippen molar-refractivity contribution in [2.24, 2.45) is 0 Å². The van der Waals surface area contributed by atoms with Crippen molar-refractivity contribution in [2.75, 3.05) is 5.32 Å². The van der Waals surface area contributed by atoms with Crippen LogP contribution in [0.4, 0.5) is 17.3 Å². The number of hydrogen-bond donors (Lipinski definition) is 1. The Hall–Kier alpha value is -3.00. The summed E-state index contributed by atoms with van der Waals surface area (Å²) in [4.78, 5) is 24.4. The first-order valence-electron chi connectivity index (χ1n) is 7.47. The number of pyridine rings is 1. The van der Waals surface area contributed by atoms with Crippen molar-refractivity contribution < 1.29 is 4.92 Å². The van der Waals surface area contributed by atoms with Crippen LogP contribution in [0.2, 0.25) is 0 Å². The number of hydrogen-bond acceptors (Lipinski definition) is 7. The second-order valence-corrected chi connectivity index (χ2v) is 6.40. The SMILES string of the molecule is Cc1ccc(Sc2ncnc(Nc3cccc(C)n3)c2[N+](=O)[O-])cc1. The molecule has 2 aromatic heterocycles. The van der Waals surface area contributed by atoms with Crippen LogP contribution in [-0.4, -0.2) is 19.9 Å². The molecule has 0 saturated carbocycles. The van der Waals surface area contributed by atoms with E-state index in [2.05, 4.69) is 20.3 Å². The molecule has 0 unspecified atom stereocenters. The fourth-order valence-electron chi connectivity index (χ4n) is 2.15. The highest BCUT2D eigenvalue weighted by Gasteiger charge is 2.24. The number of rotatable bonds is 5. The van der Waals surface area contributed by atoms with Crippen molar-refractivity contribution >= 4 is 29.1 Å². The lowest BCUT2D eigenvalue weighted by atomic mass is 10.2. The zero-order chi connectivity index (χ0) is 17.8. The van der Waals surface area contributed by atoms with Gasteiger partial charge in [-0.25, -0.2) is 15.0 Å². The molecule has 0 bridgehead atoms. The Morgan fingerprint density at radius 3 is 2.52 bits per heavy atom. The van der Waals surface area contributed by atoms with Crippen LogP contribution in [0.1, 0.15) is 11.3 Å². The molecule has 0 aliphatic heterocycles. The quantitative estimate of drug-likeness (QED) is 0.415. The summed E-state index contributed by atoms with van der Waals surface area (Å²) in [6.45, 7) is 3.83. The number of anilines is 2. The number of nitro groups is 1. The molecule has 0 amide bonds. The lowest BCUT2D eigenvalue weighted by molar-refractivity contribution is -0.387. The molecule has 1 aromatic carbocycles. The summed E-state index contributed by atoms with van der Waals surface area (Å²) in [5.41, 5.74) is 1.75. The van der Waals surface area contributed by atoms with Gasteiger partial charge in [0.25, 0.3) is 0 Å². The third-order valence-electron chi connectivity index (χ3n) is 3.34. The molecular weight excluding hydrogens is 338 g/mol. The maximum atomic E-state index is 11.6. The standard InChI is InChI=1S/C17H15N5O2S/c1-11-6-8-13(9-7-11)25-17-15(22(23)24)16(18-10-19-17)21-14-5-3-4-12(2)20-14/h3-10H,1-2H3,(H,18,19,20,21). The summed E-state index contributed by atoms with van der Waals surface area (Å²) in [6.07, 6.45) is 1.31. The fraction of sp³-hybridized carbons (Fsp3) is 0.118. The van der Waals surface area contributed by atoms with E-state index in [1.807, 2.05) is 50.2 Å². The maximum absolute atomic E-state index is 11.6. The predicted octanol–water partition coefficient (Wildman–Crippen LogP) is 4.29. The Labute approximate surface area is 148 Å². The molecule has 3 aromatic rings. The highest BCUT2D eigenvalue weighted by Crippen LogP contribution is 2.37. The van der Waals surface area contributed by atoms with Crippen LogP contribution in [0, 0.1) is 24.0 Å². The third kappa shape index (κ3) is 4.10. The topological polar surface area (TPSA) is 93.8 Å². The van der Waals surface area contributed by atoms with E-state index in [-0.39, 0.29) is 16.5 Å². The van der Waals surface area contributed by atoms with Gasteiger partial charge in [0.05, 0.1) is 4.92 Å². The van der Waals surface area contributed by atoms with Crippen LogP contribution < -0.4 is 5.32 Å². The van der Waals surface area contributed by atoms with Gasteiger partial charge in [0.2, 0.25) is 5.82 Å². The number of aryl methyl sites for hydroxylation is 2. The van der Waals surface area contributed by atoms with E-state index in [0.29, 0.717) is 5.82 Å². The second kappa shape index (κ2) is 7.27. The van der Waals surface area contributed by atoms with Gasteiger partial charge in [-0.1, -0.05) is 35.5 Å². The molecule has 0 saturated heterocycles. The second-order valence-electron chi connectivity index (χ2n) is 5.34. The van der Waals surface area contributed by atoms with Crippen molar-refractivity contribution in [2.45, 2.75) is 23.8 Å². The van der Waals surface area contributed by atoms with Gasteiger partial charge in [-0.15, -0.1) is 0 Å². The molecule has 0 aliphatic carbocycles. The first kappa shape index (κ1) is 16.8. The van der Waals surface area contributed by atoms with Crippen LogP contribution in [0.5, 0.6) is 0 Å². The van der Waals surface area contributed by atoms with Crippen molar-refractivity contribution in [1.29, 1.82) is 0 Å². The summed E-state index contributed by atoms with van der Waals surface area (Å²) >= 11 is 1.23. The van der Waals surface area contributed by atoms with Gasteiger partial charge in [-0.2, -0.15) is 0 Å². The molecule has 0 radical (unpaired) electrons. The number of aromatic nitrogens is 3. The van der Waals surface area contributed by atoms with Gasteiger partial charge < -0.3 is 5.32 Å². The molecular formula is C17H15N5O2S. The summed E-state index contributed by atoms with van der Waals surface area (Å²) in [5.74, 6) is 0.612. The van der Waals surface area contributed by atoms with Gasteiger partial charge in [-0.05, 0) is 38.1 Å². The van der Waals surface area contributed by atoms with Gasteiger partial charge in [0, 0.05) is 10.6 Å². The van der Waals surface area contributed by atoms with E-state index in [4.69, 9.17) is 0 Å². The molecule has 0 spiro atoms. The smallest absolute Gasteiger partial charge is 0.319 e. The largest absolute Gasteiger partial charge is 0.343 e. The van der Waals surface area contributed by atoms with Gasteiger partial charge in [0.15, 0.2) is 5.03 Å². The van der Waals surface area contributed by atoms with Crippen LogP contribution in [0.15, 0.2) is 58.7 Å². The maximum Gasteiger partial charge on any atom is 0.343 e. The monoisotopic (exact) mass is 353 g/mol. The Morgan fingerprint density at radius 2 is 1.84 bits per heavy atom. The molecule has 126 valence electrons. The molecule has 1 N–H and O–H groups in total. The third-order valence-corrected chi connectivity index (χ3v) is 4.34. The molecule has 0 aliphatic rings. The fourth-order valence-corrected chi connectivity index (χ4v) is 3.01. The summed E-state index contributed by atoms with van der Waals surface area (Å²) in [5, 5.41) is 14.8. The Morgan fingerprint density at radius 1 is 1.08 bits per heavy atom. The molecule has 2 heterocycles. The molecule has 0 fully saturated rings. The lowest BCUT2D eigenvalue weighted by Gasteiger charge is -2.08. The van der Waals surface area contributed by atoms with Crippen LogP contribution in [-0.2, 0) is 0 Å². The minimum absolute atomic E-state index is 0.118. The van der Waals surface area contributed by atoms with E-state index in [1.54, 1.807) is 6.07 Å². The van der Waals surface area contributed by atoms with Gasteiger partial charge >= 0.3 is 5.69 Å². The molecule has 0 atom stereocenters. The predicted molar refractivity (Wildman–Crippen MR) is 96.2 cm³/mol. The molecule has 7 nitrogen and oxygen atoms in total. The Balaban J connectivity index is 1.96. The first-order valence-corrected chi connectivity index (χ1v) is 8.29. The van der Waals surface area contributed by atoms with Crippen LogP contribution in [0.25, 0.3) is 0 Å². The average Bonchev–Trinajstić information content (AvgIpc) is 2.57. The van der Waals surface area contributed by atoms with Gasteiger partial charge in [0.1, 0.15) is 12.1 Å². The van der Waals surface area contributed by atoms with E-state index in [1.165, 1.54) is 18.1 Å². The van der Waals surface area contributed by atoms with Crippen LogP contribution in [0.3, 0.4) is 0 Å². The Bertz CT molecular complexity index is 915. The highest BCUT2D eigenvalue weighted by molar-refractivity contribution is 7.99. The average molecular weight is 353 g/mol. The van der Waals surface area contributed by atoms with E-state index in [0.717, 1.165) is 16.2 Å². The van der Waals surface area contributed by atoms with E-state index in [9.17, 15) is 10.1 Å². The minimum Gasteiger partial charge on any atom is -0.319 e. The number of benzene rings is 1. The molecule has 25 heavy (non-hydrogen) atoms. The van der Waals surface area contributed by atoms with Crippen LogP contribution >= 0.6 is 11.8 Å². The summed E-state index contributed by atoms with van der Waals surface area (Å²) in [7, 11) is 0. The van der Waals surface area contributed by atoms with E-state index < -0.39 is 4.92 Å². The molecule has 8 heteroatoms. The zero-order valence-electron chi connectivity index (χ0n) is 13.6. The number of nitrogens with one attached hydrogen (secondary N) is 1. The first-order chi connectivity index (χ1) is 12.0. The molecule has 3 rings (SSSR count). The van der Waals surface area contributed by atoms with Crippen molar-refractivity contribution in [1.82, 2.24) is 15.0 Å². The van der Waals surface area contributed by atoms with E-state index >= 15 is 0 Å². The zero-order valence-corrected chi connectivity index (χ0v) is 14.4. The summed E-state index contributed by atoms with van der Waals surface area (Å²) in [6, 6.07) is 13.1. The van der Waals surface area contributed by atoms with Crippen molar-refractivity contribution in [3.8, 4) is 0 Å². The van der Waals surface area contributed by atoms with Gasteiger partial charge in [-0.3, -0.25) is 10.1 Å². The summed E-state index contributed by atoms with van der Waals surface area (Å²) < 4.78 is 0. The Kier molecular flexibility index (Phi) is 4.90. The highest BCUT2D eigenvalue weighted by atomic mass is 32.2. The number of nitrogens with zero attached hydrogens (tertiary/aromatic N) is 4. The lowest BCUT2D eigenvalue weighted by Crippen LogP contribution is -2.04.